The summed E-state index contributed by atoms with van der Waals surface area (Å²) in [5.41, 5.74) is 4.99. The van der Waals surface area contributed by atoms with Crippen molar-refractivity contribution in [2.24, 2.45) is 10.9 Å². The first-order chi connectivity index (χ1) is 6.36. The SMILES string of the molecule is Cl.NCc1cc(F)c(S(N)(=O)=O)cc1F. The second-order valence-corrected chi connectivity index (χ2v) is 4.15. The van der Waals surface area contributed by atoms with E-state index in [0.29, 0.717) is 6.07 Å². The van der Waals surface area contributed by atoms with Gasteiger partial charge in [-0.3, -0.25) is 0 Å². The van der Waals surface area contributed by atoms with Crippen molar-refractivity contribution in [3.8, 4) is 0 Å². The zero-order chi connectivity index (χ0) is 10.9. The Balaban J connectivity index is 0.00000196. The summed E-state index contributed by atoms with van der Waals surface area (Å²) >= 11 is 0. The molecule has 0 aliphatic heterocycles. The molecular weight excluding hydrogens is 250 g/mol. The largest absolute Gasteiger partial charge is 0.326 e. The molecule has 15 heavy (non-hydrogen) atoms. The Hall–Kier alpha value is -0.760. The smallest absolute Gasteiger partial charge is 0.241 e. The van der Waals surface area contributed by atoms with Gasteiger partial charge in [-0.25, -0.2) is 22.3 Å². The van der Waals surface area contributed by atoms with E-state index >= 15 is 0 Å². The van der Waals surface area contributed by atoms with Gasteiger partial charge in [0.1, 0.15) is 16.5 Å². The highest BCUT2D eigenvalue weighted by atomic mass is 35.5. The summed E-state index contributed by atoms with van der Waals surface area (Å²) in [7, 11) is -4.24. The Labute approximate surface area is 91.7 Å². The summed E-state index contributed by atoms with van der Waals surface area (Å²) in [4.78, 5) is -0.868. The van der Waals surface area contributed by atoms with Crippen LogP contribution in [0.25, 0.3) is 0 Å². The fraction of sp³-hybridized carbons (Fsp3) is 0.143. The summed E-state index contributed by atoms with van der Waals surface area (Å²) in [6.07, 6.45) is 0. The average molecular weight is 259 g/mol. The van der Waals surface area contributed by atoms with Crippen LogP contribution in [0.1, 0.15) is 5.56 Å². The lowest BCUT2D eigenvalue weighted by atomic mass is 10.2. The number of rotatable bonds is 2. The van der Waals surface area contributed by atoms with Crippen LogP contribution in [0.2, 0.25) is 0 Å². The quantitative estimate of drug-likeness (QED) is 0.810. The van der Waals surface area contributed by atoms with E-state index in [9.17, 15) is 17.2 Å². The zero-order valence-corrected chi connectivity index (χ0v) is 9.04. The van der Waals surface area contributed by atoms with Gasteiger partial charge in [-0.1, -0.05) is 0 Å². The van der Waals surface area contributed by atoms with Crippen LogP contribution in [0.5, 0.6) is 0 Å². The molecule has 0 saturated heterocycles. The predicted molar refractivity (Wildman–Crippen MR) is 52.9 cm³/mol. The first-order valence-electron chi connectivity index (χ1n) is 3.57. The number of sulfonamides is 1. The van der Waals surface area contributed by atoms with Gasteiger partial charge in [0.15, 0.2) is 0 Å². The van der Waals surface area contributed by atoms with Gasteiger partial charge in [0.05, 0.1) is 0 Å². The second-order valence-electron chi connectivity index (χ2n) is 2.62. The molecular formula is C7H9ClF2N2O2S. The molecule has 0 heterocycles. The van der Waals surface area contributed by atoms with Gasteiger partial charge < -0.3 is 5.73 Å². The summed E-state index contributed by atoms with van der Waals surface area (Å²) in [5.74, 6) is -1.99. The van der Waals surface area contributed by atoms with Crippen LogP contribution in [-0.4, -0.2) is 8.42 Å². The molecule has 0 aliphatic carbocycles. The first kappa shape index (κ1) is 14.2. The van der Waals surface area contributed by atoms with Crippen LogP contribution in [-0.2, 0) is 16.6 Å². The average Bonchev–Trinajstić information content (AvgIpc) is 2.06. The second kappa shape index (κ2) is 4.84. The van der Waals surface area contributed by atoms with E-state index in [4.69, 9.17) is 5.73 Å². The normalized spacial score (nSPS) is 10.9. The van der Waals surface area contributed by atoms with E-state index < -0.39 is 26.6 Å². The molecule has 0 saturated carbocycles. The molecule has 0 fully saturated rings. The third kappa shape index (κ3) is 3.10. The van der Waals surface area contributed by atoms with Crippen molar-refractivity contribution in [3.05, 3.63) is 29.3 Å². The van der Waals surface area contributed by atoms with Crippen molar-refractivity contribution in [2.45, 2.75) is 11.4 Å². The van der Waals surface area contributed by atoms with E-state index in [-0.39, 0.29) is 24.5 Å². The highest BCUT2D eigenvalue weighted by molar-refractivity contribution is 7.89. The number of nitrogens with two attached hydrogens (primary N) is 2. The number of hydrogen-bond acceptors (Lipinski definition) is 3. The van der Waals surface area contributed by atoms with Crippen molar-refractivity contribution in [1.82, 2.24) is 0 Å². The number of benzene rings is 1. The number of primary sulfonamides is 1. The lowest BCUT2D eigenvalue weighted by molar-refractivity contribution is 0.547. The van der Waals surface area contributed by atoms with Gasteiger partial charge >= 0.3 is 0 Å². The highest BCUT2D eigenvalue weighted by Crippen LogP contribution is 2.17. The van der Waals surface area contributed by atoms with Crippen LogP contribution in [0, 0.1) is 11.6 Å². The number of halogens is 3. The van der Waals surface area contributed by atoms with Crippen LogP contribution >= 0.6 is 12.4 Å². The van der Waals surface area contributed by atoms with Crippen molar-refractivity contribution >= 4 is 22.4 Å². The van der Waals surface area contributed by atoms with E-state index in [0.717, 1.165) is 6.07 Å². The first-order valence-corrected chi connectivity index (χ1v) is 5.11. The third-order valence-electron chi connectivity index (χ3n) is 1.63. The lowest BCUT2D eigenvalue weighted by Crippen LogP contribution is -2.15. The van der Waals surface area contributed by atoms with Crippen molar-refractivity contribution in [1.29, 1.82) is 0 Å². The maximum absolute atomic E-state index is 13.0. The van der Waals surface area contributed by atoms with Crippen LogP contribution in [0.15, 0.2) is 17.0 Å². The fourth-order valence-electron chi connectivity index (χ4n) is 0.944. The Morgan fingerprint density at radius 2 is 1.73 bits per heavy atom. The highest BCUT2D eigenvalue weighted by Gasteiger charge is 2.17. The predicted octanol–water partition coefficient (Wildman–Crippen LogP) is 0.493. The number of hydrogen-bond donors (Lipinski definition) is 2. The lowest BCUT2D eigenvalue weighted by Gasteiger charge is -2.04. The van der Waals surface area contributed by atoms with Gasteiger partial charge in [0, 0.05) is 12.1 Å². The molecule has 0 atom stereocenters. The van der Waals surface area contributed by atoms with Crippen LogP contribution in [0.3, 0.4) is 0 Å². The molecule has 86 valence electrons. The molecule has 0 aromatic heterocycles. The molecule has 0 amide bonds. The van der Waals surface area contributed by atoms with Crippen LogP contribution in [0.4, 0.5) is 8.78 Å². The molecule has 0 spiro atoms. The zero-order valence-electron chi connectivity index (χ0n) is 7.41. The molecule has 4 nitrogen and oxygen atoms in total. The Morgan fingerprint density at radius 1 is 1.20 bits per heavy atom. The monoisotopic (exact) mass is 258 g/mol. The van der Waals surface area contributed by atoms with Gasteiger partial charge in [-0.15, -0.1) is 12.4 Å². The molecule has 4 N–H and O–H groups in total. The molecule has 0 unspecified atom stereocenters. The van der Waals surface area contributed by atoms with E-state index in [1.165, 1.54) is 0 Å². The van der Waals surface area contributed by atoms with Gasteiger partial charge in [0.25, 0.3) is 0 Å². The molecule has 1 rings (SSSR count). The van der Waals surface area contributed by atoms with Gasteiger partial charge in [-0.2, -0.15) is 0 Å². The Bertz CT molecular complexity index is 464. The Kier molecular flexibility index (Phi) is 4.60. The van der Waals surface area contributed by atoms with Gasteiger partial charge in [0.2, 0.25) is 10.0 Å². The molecule has 0 aliphatic rings. The summed E-state index contributed by atoms with van der Waals surface area (Å²) < 4.78 is 47.5. The minimum absolute atomic E-state index is 0. The fourth-order valence-corrected chi connectivity index (χ4v) is 1.54. The Morgan fingerprint density at radius 3 is 2.13 bits per heavy atom. The molecule has 8 heteroatoms. The standard InChI is InChI=1S/C7H8F2N2O2S.ClH/c8-5-2-7(14(11,12)13)6(9)1-4(5)3-10;/h1-2H,3,10H2,(H2,11,12,13);1H. The van der Waals surface area contributed by atoms with Gasteiger partial charge in [-0.05, 0) is 12.1 Å². The topological polar surface area (TPSA) is 86.2 Å². The third-order valence-corrected chi connectivity index (χ3v) is 2.55. The molecule has 1 aromatic rings. The minimum Gasteiger partial charge on any atom is -0.326 e. The maximum Gasteiger partial charge on any atom is 0.241 e. The summed E-state index contributed by atoms with van der Waals surface area (Å²) in [5, 5.41) is 4.65. The molecule has 0 bridgehead atoms. The van der Waals surface area contributed by atoms with Crippen molar-refractivity contribution in [2.75, 3.05) is 0 Å². The molecule has 0 radical (unpaired) electrons. The van der Waals surface area contributed by atoms with Crippen molar-refractivity contribution < 1.29 is 17.2 Å². The molecule has 1 aromatic carbocycles. The summed E-state index contributed by atoms with van der Waals surface area (Å²) in [6.45, 7) is -0.215. The summed E-state index contributed by atoms with van der Waals surface area (Å²) in [6, 6.07) is 1.24. The maximum atomic E-state index is 13.0. The van der Waals surface area contributed by atoms with Crippen molar-refractivity contribution in [3.63, 3.8) is 0 Å². The minimum atomic E-state index is -4.24. The van der Waals surface area contributed by atoms with Crippen LogP contribution < -0.4 is 10.9 Å². The van der Waals surface area contributed by atoms with E-state index in [2.05, 4.69) is 5.14 Å². The van der Waals surface area contributed by atoms with E-state index in [1.54, 1.807) is 0 Å². The van der Waals surface area contributed by atoms with E-state index in [1.807, 2.05) is 0 Å².